The topological polar surface area (TPSA) is 58.0 Å². The molecule has 2 aromatic rings. The highest BCUT2D eigenvalue weighted by atomic mass is 16.5. The van der Waals surface area contributed by atoms with Crippen molar-refractivity contribution in [3.05, 3.63) is 42.2 Å². The van der Waals surface area contributed by atoms with Gasteiger partial charge in [0.1, 0.15) is 5.76 Å². The number of amides is 1. The molecule has 0 radical (unpaired) electrons. The Labute approximate surface area is 165 Å². The van der Waals surface area contributed by atoms with Crippen LogP contribution in [-0.4, -0.2) is 62.8 Å². The van der Waals surface area contributed by atoms with Gasteiger partial charge in [-0.25, -0.2) is 0 Å². The van der Waals surface area contributed by atoms with E-state index in [1.54, 1.807) is 6.07 Å². The number of rotatable bonds is 4. The number of hydrogen-bond donors (Lipinski definition) is 1. The molecule has 4 saturated heterocycles. The number of para-hydroxylation sites is 1. The monoisotopic (exact) mass is 381 g/mol. The third kappa shape index (κ3) is 3.42. The van der Waals surface area contributed by atoms with Crippen molar-refractivity contribution in [3.8, 4) is 11.3 Å². The van der Waals surface area contributed by atoms with E-state index >= 15 is 0 Å². The van der Waals surface area contributed by atoms with E-state index in [1.165, 1.54) is 25.9 Å². The van der Waals surface area contributed by atoms with Gasteiger partial charge in [-0.15, -0.1) is 0 Å². The van der Waals surface area contributed by atoms with Crippen LogP contribution < -0.4 is 10.2 Å². The average Bonchev–Trinajstić information content (AvgIpc) is 3.26. The summed E-state index contributed by atoms with van der Waals surface area (Å²) in [5, 5.41) is 3.21. The Morgan fingerprint density at radius 3 is 2.54 bits per heavy atom. The summed E-state index contributed by atoms with van der Waals surface area (Å²) in [5.41, 5.74) is 2.15. The maximum absolute atomic E-state index is 12.8. The summed E-state index contributed by atoms with van der Waals surface area (Å²) in [4.78, 5) is 17.5. The van der Waals surface area contributed by atoms with Crippen LogP contribution in [0.4, 0.5) is 5.69 Å². The number of carbonyl (C=O) groups is 1. The summed E-state index contributed by atoms with van der Waals surface area (Å²) in [5.74, 6) is 1.63. The molecule has 1 aromatic carbocycles. The highest BCUT2D eigenvalue weighted by molar-refractivity contribution is 5.92. The number of nitrogens with zero attached hydrogens (tertiary/aromatic N) is 2. The second kappa shape index (κ2) is 7.60. The van der Waals surface area contributed by atoms with Crippen molar-refractivity contribution in [3.63, 3.8) is 0 Å². The van der Waals surface area contributed by atoms with E-state index in [1.807, 2.05) is 18.2 Å². The van der Waals surface area contributed by atoms with E-state index in [0.717, 1.165) is 49.9 Å². The second-order valence-electron chi connectivity index (χ2n) is 8.00. The lowest BCUT2D eigenvalue weighted by atomic mass is 9.84. The smallest absolute Gasteiger partial charge is 0.287 e. The van der Waals surface area contributed by atoms with Gasteiger partial charge in [-0.2, -0.15) is 0 Å². The van der Waals surface area contributed by atoms with Crippen molar-refractivity contribution >= 4 is 11.6 Å². The number of benzene rings is 1. The minimum atomic E-state index is -0.103. The van der Waals surface area contributed by atoms with Crippen molar-refractivity contribution in [2.75, 3.05) is 50.8 Å². The Kier molecular flexibility index (Phi) is 4.82. The fraction of sp³-hybridized carbons (Fsp3) is 0.500. The molecule has 1 N–H and O–H groups in total. The number of ether oxygens (including phenoxy) is 1. The quantitative estimate of drug-likeness (QED) is 0.882. The predicted molar refractivity (Wildman–Crippen MR) is 108 cm³/mol. The van der Waals surface area contributed by atoms with Gasteiger partial charge in [0.15, 0.2) is 5.76 Å². The Balaban J connectivity index is 1.33. The van der Waals surface area contributed by atoms with E-state index in [4.69, 9.17) is 9.15 Å². The first-order valence-electron chi connectivity index (χ1n) is 10.3. The van der Waals surface area contributed by atoms with Gasteiger partial charge in [0, 0.05) is 36.9 Å². The summed E-state index contributed by atoms with van der Waals surface area (Å²) < 4.78 is 11.5. The summed E-state index contributed by atoms with van der Waals surface area (Å²) in [6, 6.07) is 12.2. The maximum atomic E-state index is 12.8. The van der Waals surface area contributed by atoms with Crippen LogP contribution in [0.3, 0.4) is 0 Å². The van der Waals surface area contributed by atoms with Gasteiger partial charge in [-0.05, 0) is 56.1 Å². The number of hydrogen-bond acceptors (Lipinski definition) is 5. The molecule has 1 aromatic heterocycles. The van der Waals surface area contributed by atoms with Gasteiger partial charge in [0.25, 0.3) is 5.91 Å². The van der Waals surface area contributed by atoms with Gasteiger partial charge >= 0.3 is 0 Å². The maximum Gasteiger partial charge on any atom is 0.287 e. The third-order valence-corrected chi connectivity index (χ3v) is 6.32. The zero-order valence-electron chi connectivity index (χ0n) is 16.1. The van der Waals surface area contributed by atoms with Crippen molar-refractivity contribution in [1.29, 1.82) is 0 Å². The van der Waals surface area contributed by atoms with E-state index in [-0.39, 0.29) is 11.9 Å². The SMILES string of the molecule is O=C(NC1CN2CCC1CC2)c1ccc(-c2ccccc2N2CCOCC2)o1. The molecule has 6 nitrogen and oxygen atoms in total. The second-order valence-corrected chi connectivity index (χ2v) is 8.00. The molecule has 0 saturated carbocycles. The normalized spacial score (nSPS) is 27.0. The Morgan fingerprint density at radius 1 is 1.00 bits per heavy atom. The average molecular weight is 381 g/mol. The van der Waals surface area contributed by atoms with Crippen LogP contribution in [0.5, 0.6) is 0 Å². The van der Waals surface area contributed by atoms with Crippen LogP contribution >= 0.6 is 0 Å². The van der Waals surface area contributed by atoms with Crippen molar-refractivity contribution in [2.24, 2.45) is 5.92 Å². The molecule has 4 aliphatic rings. The van der Waals surface area contributed by atoms with Crippen molar-refractivity contribution in [1.82, 2.24) is 10.2 Å². The molecule has 0 spiro atoms. The summed E-state index contributed by atoms with van der Waals surface area (Å²) in [7, 11) is 0. The number of morpholine rings is 1. The van der Waals surface area contributed by atoms with Crippen LogP contribution in [0.15, 0.2) is 40.8 Å². The van der Waals surface area contributed by atoms with E-state index in [0.29, 0.717) is 11.7 Å². The number of anilines is 1. The zero-order chi connectivity index (χ0) is 18.9. The van der Waals surface area contributed by atoms with Crippen LogP contribution in [0.2, 0.25) is 0 Å². The highest BCUT2D eigenvalue weighted by Gasteiger charge is 2.35. The van der Waals surface area contributed by atoms with Gasteiger partial charge in [0.2, 0.25) is 0 Å². The van der Waals surface area contributed by atoms with E-state index in [2.05, 4.69) is 27.2 Å². The Bertz CT molecular complexity index is 835. The van der Waals surface area contributed by atoms with Gasteiger partial charge in [-0.3, -0.25) is 4.79 Å². The summed E-state index contributed by atoms with van der Waals surface area (Å²) in [6.07, 6.45) is 2.36. The molecule has 1 amide bonds. The lowest BCUT2D eigenvalue weighted by Crippen LogP contribution is -2.57. The molecule has 6 heteroatoms. The Morgan fingerprint density at radius 2 is 1.79 bits per heavy atom. The molecule has 2 bridgehead atoms. The minimum Gasteiger partial charge on any atom is -0.451 e. The van der Waals surface area contributed by atoms with Crippen LogP contribution in [0.25, 0.3) is 11.3 Å². The van der Waals surface area contributed by atoms with Crippen LogP contribution in [0.1, 0.15) is 23.4 Å². The van der Waals surface area contributed by atoms with E-state index in [9.17, 15) is 4.79 Å². The molecule has 5 heterocycles. The fourth-order valence-corrected chi connectivity index (χ4v) is 4.73. The highest BCUT2D eigenvalue weighted by Crippen LogP contribution is 2.33. The molecular formula is C22H27N3O3. The predicted octanol–water partition coefficient (Wildman–Crippen LogP) is 2.61. The third-order valence-electron chi connectivity index (χ3n) is 6.32. The molecule has 6 rings (SSSR count). The lowest BCUT2D eigenvalue weighted by Gasteiger charge is -2.44. The van der Waals surface area contributed by atoms with E-state index < -0.39 is 0 Å². The molecule has 28 heavy (non-hydrogen) atoms. The fourth-order valence-electron chi connectivity index (χ4n) is 4.73. The number of furan rings is 1. The van der Waals surface area contributed by atoms with Gasteiger partial charge in [-0.1, -0.05) is 12.1 Å². The van der Waals surface area contributed by atoms with Crippen LogP contribution in [-0.2, 0) is 4.74 Å². The molecule has 0 aliphatic carbocycles. The first-order chi connectivity index (χ1) is 13.8. The molecular weight excluding hydrogens is 354 g/mol. The van der Waals surface area contributed by atoms with Gasteiger partial charge < -0.3 is 24.3 Å². The number of carbonyl (C=O) groups excluding carboxylic acids is 1. The molecule has 148 valence electrons. The molecule has 4 aliphatic heterocycles. The Hall–Kier alpha value is -2.31. The first kappa shape index (κ1) is 17.8. The number of piperidine rings is 3. The minimum absolute atomic E-state index is 0.103. The van der Waals surface area contributed by atoms with Crippen molar-refractivity contribution in [2.45, 2.75) is 18.9 Å². The van der Waals surface area contributed by atoms with Gasteiger partial charge in [0.05, 0.1) is 13.2 Å². The summed E-state index contributed by atoms with van der Waals surface area (Å²) in [6.45, 7) is 6.50. The largest absolute Gasteiger partial charge is 0.451 e. The molecule has 4 fully saturated rings. The zero-order valence-corrected chi connectivity index (χ0v) is 16.1. The summed E-state index contributed by atoms with van der Waals surface area (Å²) >= 11 is 0. The van der Waals surface area contributed by atoms with Crippen molar-refractivity contribution < 1.29 is 13.9 Å². The molecule has 1 unspecified atom stereocenters. The number of nitrogens with one attached hydrogen (secondary N) is 1. The van der Waals surface area contributed by atoms with Crippen LogP contribution in [0, 0.1) is 5.92 Å². The standard InChI is InChI=1S/C22H27N3O3/c26-22(23-18-15-24-9-7-16(18)8-10-24)21-6-5-20(28-21)17-3-1-2-4-19(17)25-11-13-27-14-12-25/h1-6,16,18H,7-15H2,(H,23,26). The number of fused-ring (bicyclic) bond motifs is 3. The lowest BCUT2D eigenvalue weighted by molar-refractivity contribution is 0.0606. The first-order valence-corrected chi connectivity index (χ1v) is 10.3. The molecule has 1 atom stereocenters.